The van der Waals surface area contributed by atoms with Gasteiger partial charge < -0.3 is 10.1 Å². The Morgan fingerprint density at radius 2 is 2.08 bits per heavy atom. The molecule has 7 heteroatoms. The van der Waals surface area contributed by atoms with Crippen LogP contribution in [-0.2, 0) is 6.54 Å². The minimum absolute atomic E-state index is 0.164. The van der Waals surface area contributed by atoms with Gasteiger partial charge in [0.05, 0.1) is 18.4 Å². The highest BCUT2D eigenvalue weighted by Gasteiger charge is 2.23. The first-order chi connectivity index (χ1) is 12.8. The number of hydrogen-bond acceptors (Lipinski definition) is 5. The molecule has 26 heavy (non-hydrogen) atoms. The molecule has 4 rings (SSSR count). The van der Waals surface area contributed by atoms with E-state index in [4.69, 9.17) is 4.98 Å². The Balaban J connectivity index is 1.69. The van der Waals surface area contributed by atoms with Crippen molar-refractivity contribution in [1.29, 1.82) is 0 Å². The number of likely N-dealkylation sites (tertiary alicyclic amines) is 1. The molecule has 7 nitrogen and oxygen atoms in total. The molecule has 1 aliphatic rings. The molecule has 2 N–H and O–H groups in total. The maximum absolute atomic E-state index is 12.5. The van der Waals surface area contributed by atoms with Crippen molar-refractivity contribution in [2.45, 2.75) is 38.3 Å². The Bertz CT molecular complexity index is 932. The van der Waals surface area contributed by atoms with Gasteiger partial charge in [0.15, 0.2) is 5.65 Å². The largest absolute Gasteiger partial charge is 0.396 e. The van der Waals surface area contributed by atoms with E-state index in [0.29, 0.717) is 29.4 Å². The minimum atomic E-state index is -0.164. The second-order valence-electron chi connectivity index (χ2n) is 6.77. The van der Waals surface area contributed by atoms with Gasteiger partial charge in [-0.3, -0.25) is 9.69 Å². The number of nitrogens with zero attached hydrogens (tertiary/aromatic N) is 4. The summed E-state index contributed by atoms with van der Waals surface area (Å²) >= 11 is 0. The zero-order valence-corrected chi connectivity index (χ0v) is 14.6. The van der Waals surface area contributed by atoms with Crippen molar-refractivity contribution in [2.24, 2.45) is 0 Å². The zero-order valence-electron chi connectivity index (χ0n) is 14.6. The van der Waals surface area contributed by atoms with Crippen LogP contribution in [0.2, 0.25) is 0 Å². The number of aromatic amines is 1. The van der Waals surface area contributed by atoms with Crippen molar-refractivity contribution in [3.63, 3.8) is 0 Å². The van der Waals surface area contributed by atoms with E-state index in [-0.39, 0.29) is 12.2 Å². The maximum atomic E-state index is 12.5. The molecule has 3 aromatic rings. The topological polar surface area (TPSA) is 87.0 Å². The first-order valence-corrected chi connectivity index (χ1v) is 9.13. The van der Waals surface area contributed by atoms with E-state index in [1.165, 1.54) is 6.42 Å². The highest BCUT2D eigenvalue weighted by molar-refractivity contribution is 5.75. The second kappa shape index (κ2) is 7.39. The summed E-state index contributed by atoms with van der Waals surface area (Å²) in [5, 5.41) is 14.1. The number of H-pyrrole nitrogens is 1. The molecule has 0 amide bonds. The molecule has 1 saturated heterocycles. The number of nitrogens with one attached hydrogen (secondary N) is 1. The van der Waals surface area contributed by atoms with Crippen LogP contribution in [0.5, 0.6) is 0 Å². The lowest BCUT2D eigenvalue weighted by atomic mass is 10.00. The fourth-order valence-electron chi connectivity index (χ4n) is 3.73. The van der Waals surface area contributed by atoms with Crippen LogP contribution in [0.15, 0.2) is 41.3 Å². The third kappa shape index (κ3) is 3.27. The standard InChI is InChI=1S/C19H23N5O2/c25-11-9-14-6-4-5-10-23(14)13-17-21-18-16(19(26)22-17)12-20-24(18)15-7-2-1-3-8-15/h1-3,7-8,12,14,25H,4-6,9-11,13H2,(H,21,22,26). The van der Waals surface area contributed by atoms with Crippen LogP contribution in [0.1, 0.15) is 31.5 Å². The van der Waals surface area contributed by atoms with Crippen LogP contribution in [0, 0.1) is 0 Å². The van der Waals surface area contributed by atoms with Gasteiger partial charge in [-0.25, -0.2) is 9.67 Å². The molecule has 3 heterocycles. The Labute approximate surface area is 151 Å². The number of para-hydroxylation sites is 1. The van der Waals surface area contributed by atoms with Gasteiger partial charge >= 0.3 is 0 Å². The molecule has 0 spiro atoms. The normalized spacial score (nSPS) is 18.4. The Kier molecular flexibility index (Phi) is 4.81. The molecule has 1 atom stereocenters. The molecule has 136 valence electrons. The SMILES string of the molecule is O=c1[nH]c(CN2CCCCC2CCO)nc2c1cnn2-c1ccccc1. The Morgan fingerprint density at radius 3 is 2.88 bits per heavy atom. The summed E-state index contributed by atoms with van der Waals surface area (Å²) < 4.78 is 1.70. The average molecular weight is 353 g/mol. The molecule has 0 radical (unpaired) electrons. The van der Waals surface area contributed by atoms with Gasteiger partial charge in [-0.2, -0.15) is 5.10 Å². The summed E-state index contributed by atoms with van der Waals surface area (Å²) in [7, 11) is 0. The van der Waals surface area contributed by atoms with E-state index < -0.39 is 0 Å². The Hall–Kier alpha value is -2.51. The van der Waals surface area contributed by atoms with Crippen molar-refractivity contribution >= 4 is 11.0 Å². The van der Waals surface area contributed by atoms with Gasteiger partial charge in [0.2, 0.25) is 0 Å². The number of hydrogen-bond donors (Lipinski definition) is 2. The summed E-state index contributed by atoms with van der Waals surface area (Å²) in [5.74, 6) is 0.644. The number of benzene rings is 1. The summed E-state index contributed by atoms with van der Waals surface area (Å²) in [4.78, 5) is 22.4. The third-order valence-electron chi connectivity index (χ3n) is 5.05. The first kappa shape index (κ1) is 16.9. The van der Waals surface area contributed by atoms with Crippen LogP contribution in [0.3, 0.4) is 0 Å². The Morgan fingerprint density at radius 1 is 1.23 bits per heavy atom. The number of rotatable bonds is 5. The minimum Gasteiger partial charge on any atom is -0.396 e. The van der Waals surface area contributed by atoms with Crippen molar-refractivity contribution in [1.82, 2.24) is 24.6 Å². The summed E-state index contributed by atoms with van der Waals surface area (Å²) in [6, 6.07) is 10.0. The fraction of sp³-hybridized carbons (Fsp3) is 0.421. The summed E-state index contributed by atoms with van der Waals surface area (Å²) in [5.41, 5.74) is 1.29. The van der Waals surface area contributed by atoms with Crippen molar-refractivity contribution < 1.29 is 5.11 Å². The first-order valence-electron chi connectivity index (χ1n) is 9.13. The molecule has 1 unspecified atom stereocenters. The molecule has 2 aromatic heterocycles. The number of aromatic nitrogens is 4. The van der Waals surface area contributed by atoms with Crippen molar-refractivity contribution in [2.75, 3.05) is 13.2 Å². The molecule has 0 bridgehead atoms. The average Bonchev–Trinajstić information content (AvgIpc) is 3.09. The van der Waals surface area contributed by atoms with Gasteiger partial charge in [0.1, 0.15) is 11.2 Å². The van der Waals surface area contributed by atoms with E-state index in [1.807, 2.05) is 30.3 Å². The number of piperidine rings is 1. The number of aliphatic hydroxyl groups is 1. The number of aliphatic hydroxyl groups excluding tert-OH is 1. The highest BCUT2D eigenvalue weighted by Crippen LogP contribution is 2.21. The zero-order chi connectivity index (χ0) is 17.9. The van der Waals surface area contributed by atoms with Gasteiger partial charge in [0.25, 0.3) is 5.56 Å². The lowest BCUT2D eigenvalue weighted by Gasteiger charge is -2.35. The lowest BCUT2D eigenvalue weighted by molar-refractivity contribution is 0.110. The van der Waals surface area contributed by atoms with Crippen LogP contribution in [0.25, 0.3) is 16.7 Å². The van der Waals surface area contributed by atoms with Crippen LogP contribution in [0.4, 0.5) is 0 Å². The molecule has 1 aromatic carbocycles. The molecule has 1 fully saturated rings. The molecule has 1 aliphatic heterocycles. The van der Waals surface area contributed by atoms with Crippen molar-refractivity contribution in [3.8, 4) is 5.69 Å². The van der Waals surface area contributed by atoms with Crippen molar-refractivity contribution in [3.05, 3.63) is 52.7 Å². The van der Waals surface area contributed by atoms with E-state index in [1.54, 1.807) is 10.9 Å². The lowest BCUT2D eigenvalue weighted by Crippen LogP contribution is -2.40. The maximum Gasteiger partial charge on any atom is 0.262 e. The van der Waals surface area contributed by atoms with Gasteiger partial charge in [-0.05, 0) is 37.9 Å². The molecule has 0 aliphatic carbocycles. The van der Waals surface area contributed by atoms with E-state index in [9.17, 15) is 9.90 Å². The number of fused-ring (bicyclic) bond motifs is 1. The fourth-order valence-corrected chi connectivity index (χ4v) is 3.73. The van der Waals surface area contributed by atoms with Crippen LogP contribution >= 0.6 is 0 Å². The quantitative estimate of drug-likeness (QED) is 0.731. The predicted molar refractivity (Wildman–Crippen MR) is 99.2 cm³/mol. The predicted octanol–water partition coefficient (Wildman–Crippen LogP) is 1.85. The van der Waals surface area contributed by atoms with Gasteiger partial charge in [0, 0.05) is 12.6 Å². The van der Waals surface area contributed by atoms with E-state index in [0.717, 1.165) is 31.5 Å². The van der Waals surface area contributed by atoms with E-state index >= 15 is 0 Å². The van der Waals surface area contributed by atoms with E-state index in [2.05, 4.69) is 15.0 Å². The van der Waals surface area contributed by atoms with Crippen LogP contribution < -0.4 is 5.56 Å². The summed E-state index contributed by atoms with van der Waals surface area (Å²) in [6.07, 6.45) is 5.72. The van der Waals surface area contributed by atoms with Gasteiger partial charge in [-0.1, -0.05) is 24.6 Å². The third-order valence-corrected chi connectivity index (χ3v) is 5.05. The molecular weight excluding hydrogens is 330 g/mol. The van der Waals surface area contributed by atoms with Gasteiger partial charge in [-0.15, -0.1) is 0 Å². The smallest absolute Gasteiger partial charge is 0.262 e. The van der Waals surface area contributed by atoms with Crippen LogP contribution in [-0.4, -0.2) is 48.9 Å². The highest BCUT2D eigenvalue weighted by atomic mass is 16.3. The second-order valence-corrected chi connectivity index (χ2v) is 6.77. The summed E-state index contributed by atoms with van der Waals surface area (Å²) in [6.45, 7) is 1.73. The molecule has 0 saturated carbocycles. The monoisotopic (exact) mass is 353 g/mol. The molecular formula is C19H23N5O2.